The highest BCUT2D eigenvalue weighted by Crippen LogP contribution is 2.06. The molecule has 0 heterocycles. The number of nitriles is 1. The van der Waals surface area contributed by atoms with Gasteiger partial charge in [0.05, 0.1) is 0 Å². The predicted molar refractivity (Wildman–Crippen MR) is 63.3 cm³/mol. The monoisotopic (exact) mass is 214 g/mol. The van der Waals surface area contributed by atoms with Gasteiger partial charge in [-0.3, -0.25) is 4.79 Å². The Morgan fingerprint density at radius 3 is 2.50 bits per heavy atom. The number of hydrogen-bond donors (Lipinski definition) is 1. The topological polar surface area (TPSA) is 52.9 Å². The van der Waals surface area contributed by atoms with Crippen LogP contribution in [-0.2, 0) is 4.79 Å². The number of carbonyl (C=O) groups is 1. The molecule has 0 spiro atoms. The van der Waals surface area contributed by atoms with E-state index >= 15 is 0 Å². The Labute approximate surface area is 95.4 Å². The van der Waals surface area contributed by atoms with Gasteiger partial charge in [0.2, 0.25) is 0 Å². The first-order valence-corrected chi connectivity index (χ1v) is 5.11. The summed E-state index contributed by atoms with van der Waals surface area (Å²) in [6.45, 7) is 3.71. The molecule has 0 aliphatic heterocycles. The lowest BCUT2D eigenvalue weighted by Gasteiger charge is -2.06. The number of carbonyl (C=O) groups excluding carboxylic acids is 1. The lowest BCUT2D eigenvalue weighted by atomic mass is 10.1. The third kappa shape index (κ3) is 3.58. The van der Waals surface area contributed by atoms with Gasteiger partial charge in [0.1, 0.15) is 11.6 Å². The summed E-state index contributed by atoms with van der Waals surface area (Å²) in [6, 6.07) is 11.2. The maximum absolute atomic E-state index is 11.6. The Morgan fingerprint density at radius 1 is 1.38 bits per heavy atom. The van der Waals surface area contributed by atoms with E-state index in [0.717, 1.165) is 5.56 Å². The normalized spacial score (nSPS) is 11.0. The fraction of sp³-hybridized carbons (Fsp3) is 0.231. The molecule has 1 aromatic rings. The highest BCUT2D eigenvalue weighted by molar-refractivity contribution is 6.01. The molecule has 0 fully saturated rings. The van der Waals surface area contributed by atoms with E-state index in [1.165, 1.54) is 0 Å². The first kappa shape index (κ1) is 12.0. The summed E-state index contributed by atoms with van der Waals surface area (Å²) in [7, 11) is 0. The fourth-order valence-corrected chi connectivity index (χ4v) is 1.20. The fourth-order valence-electron chi connectivity index (χ4n) is 1.20. The van der Waals surface area contributed by atoms with Gasteiger partial charge in [0, 0.05) is 6.04 Å². The second-order valence-corrected chi connectivity index (χ2v) is 3.71. The van der Waals surface area contributed by atoms with Crippen molar-refractivity contribution in [3.8, 4) is 6.07 Å². The van der Waals surface area contributed by atoms with E-state index in [2.05, 4.69) is 5.32 Å². The Morgan fingerprint density at radius 2 is 2.00 bits per heavy atom. The quantitative estimate of drug-likeness (QED) is 0.619. The van der Waals surface area contributed by atoms with Crippen LogP contribution in [0.4, 0.5) is 0 Å². The lowest BCUT2D eigenvalue weighted by molar-refractivity contribution is -0.117. The molecule has 16 heavy (non-hydrogen) atoms. The van der Waals surface area contributed by atoms with Crippen LogP contribution in [0, 0.1) is 11.3 Å². The summed E-state index contributed by atoms with van der Waals surface area (Å²) in [5.41, 5.74) is 0.970. The number of nitrogens with zero attached hydrogens (tertiary/aromatic N) is 1. The van der Waals surface area contributed by atoms with E-state index in [-0.39, 0.29) is 17.5 Å². The molecule has 3 nitrogen and oxygen atoms in total. The Kier molecular flexibility index (Phi) is 4.28. The minimum absolute atomic E-state index is 0.0278. The number of rotatable bonds is 3. The summed E-state index contributed by atoms with van der Waals surface area (Å²) in [4.78, 5) is 11.6. The van der Waals surface area contributed by atoms with Crippen LogP contribution in [0.5, 0.6) is 0 Å². The van der Waals surface area contributed by atoms with Crippen molar-refractivity contribution in [2.45, 2.75) is 19.9 Å². The molecule has 1 amide bonds. The summed E-state index contributed by atoms with van der Waals surface area (Å²) < 4.78 is 0. The molecule has 0 bridgehead atoms. The minimum atomic E-state index is -0.332. The second kappa shape index (κ2) is 5.72. The van der Waals surface area contributed by atoms with Gasteiger partial charge in [-0.25, -0.2) is 0 Å². The van der Waals surface area contributed by atoms with Gasteiger partial charge in [-0.05, 0) is 25.5 Å². The largest absolute Gasteiger partial charge is 0.349 e. The first-order chi connectivity index (χ1) is 7.63. The molecule has 0 saturated carbocycles. The standard InChI is InChI=1S/C13H14N2O/c1-10(2)15-13(16)12(9-14)8-11-6-4-3-5-7-11/h3-8,10H,1-2H3,(H,15,16)/b12-8-. The van der Waals surface area contributed by atoms with Crippen LogP contribution in [0.2, 0.25) is 0 Å². The van der Waals surface area contributed by atoms with Crippen LogP contribution in [0.15, 0.2) is 35.9 Å². The summed E-state index contributed by atoms with van der Waals surface area (Å²) >= 11 is 0. The van der Waals surface area contributed by atoms with Crippen molar-refractivity contribution < 1.29 is 4.79 Å². The van der Waals surface area contributed by atoms with E-state index < -0.39 is 0 Å². The van der Waals surface area contributed by atoms with Gasteiger partial charge < -0.3 is 5.32 Å². The maximum atomic E-state index is 11.6. The highest BCUT2D eigenvalue weighted by atomic mass is 16.1. The lowest BCUT2D eigenvalue weighted by Crippen LogP contribution is -2.30. The molecule has 82 valence electrons. The Bertz CT molecular complexity index is 427. The average Bonchev–Trinajstić information content (AvgIpc) is 2.26. The average molecular weight is 214 g/mol. The van der Waals surface area contributed by atoms with Gasteiger partial charge >= 0.3 is 0 Å². The summed E-state index contributed by atoms with van der Waals surface area (Å²) in [5.74, 6) is -0.332. The zero-order valence-electron chi connectivity index (χ0n) is 9.40. The van der Waals surface area contributed by atoms with Gasteiger partial charge in [0.25, 0.3) is 5.91 Å². The van der Waals surface area contributed by atoms with Gasteiger partial charge in [-0.1, -0.05) is 30.3 Å². The van der Waals surface area contributed by atoms with Crippen LogP contribution in [0.25, 0.3) is 6.08 Å². The first-order valence-electron chi connectivity index (χ1n) is 5.11. The maximum Gasteiger partial charge on any atom is 0.262 e. The Hall–Kier alpha value is -2.08. The van der Waals surface area contributed by atoms with Crippen molar-refractivity contribution in [3.63, 3.8) is 0 Å². The zero-order chi connectivity index (χ0) is 12.0. The van der Waals surface area contributed by atoms with E-state index in [1.807, 2.05) is 50.2 Å². The zero-order valence-corrected chi connectivity index (χ0v) is 9.40. The van der Waals surface area contributed by atoms with Crippen molar-refractivity contribution in [2.24, 2.45) is 0 Å². The molecule has 1 aromatic carbocycles. The third-order valence-corrected chi connectivity index (χ3v) is 1.90. The molecule has 1 rings (SSSR count). The molecule has 0 atom stereocenters. The van der Waals surface area contributed by atoms with Crippen molar-refractivity contribution in [2.75, 3.05) is 0 Å². The highest BCUT2D eigenvalue weighted by Gasteiger charge is 2.09. The van der Waals surface area contributed by atoms with Crippen LogP contribution in [0.1, 0.15) is 19.4 Å². The molecule has 0 unspecified atom stereocenters. The van der Waals surface area contributed by atoms with E-state index in [0.29, 0.717) is 0 Å². The van der Waals surface area contributed by atoms with Crippen molar-refractivity contribution in [1.29, 1.82) is 5.26 Å². The number of hydrogen-bond acceptors (Lipinski definition) is 2. The number of benzene rings is 1. The van der Waals surface area contributed by atoms with Crippen LogP contribution in [0.3, 0.4) is 0 Å². The van der Waals surface area contributed by atoms with E-state index in [9.17, 15) is 4.79 Å². The summed E-state index contributed by atoms with van der Waals surface area (Å²) in [5, 5.41) is 11.6. The van der Waals surface area contributed by atoms with Crippen LogP contribution >= 0.6 is 0 Å². The molecule has 0 aromatic heterocycles. The summed E-state index contributed by atoms with van der Waals surface area (Å²) in [6.07, 6.45) is 1.58. The molecule has 3 heteroatoms. The third-order valence-electron chi connectivity index (χ3n) is 1.90. The molecule has 0 aliphatic rings. The van der Waals surface area contributed by atoms with Crippen molar-refractivity contribution in [3.05, 3.63) is 41.5 Å². The van der Waals surface area contributed by atoms with E-state index in [1.54, 1.807) is 6.08 Å². The molecule has 1 N–H and O–H groups in total. The van der Waals surface area contributed by atoms with Crippen LogP contribution in [-0.4, -0.2) is 11.9 Å². The molecule has 0 radical (unpaired) electrons. The van der Waals surface area contributed by atoms with Gasteiger partial charge in [0.15, 0.2) is 0 Å². The number of nitrogens with one attached hydrogen (secondary N) is 1. The van der Waals surface area contributed by atoms with E-state index in [4.69, 9.17) is 5.26 Å². The predicted octanol–water partition coefficient (Wildman–Crippen LogP) is 2.12. The smallest absolute Gasteiger partial charge is 0.262 e. The number of amides is 1. The van der Waals surface area contributed by atoms with Gasteiger partial charge in [-0.2, -0.15) is 5.26 Å². The Balaban J connectivity index is 2.88. The van der Waals surface area contributed by atoms with Gasteiger partial charge in [-0.15, -0.1) is 0 Å². The minimum Gasteiger partial charge on any atom is -0.349 e. The second-order valence-electron chi connectivity index (χ2n) is 3.71. The SMILES string of the molecule is CC(C)NC(=O)/C(C#N)=C\c1ccccc1. The molecular weight excluding hydrogens is 200 g/mol. The molecular formula is C13H14N2O. The van der Waals surface area contributed by atoms with Crippen molar-refractivity contribution in [1.82, 2.24) is 5.32 Å². The van der Waals surface area contributed by atoms with Crippen LogP contribution < -0.4 is 5.32 Å². The molecule has 0 aliphatic carbocycles. The molecule has 0 saturated heterocycles. The van der Waals surface area contributed by atoms with Crippen molar-refractivity contribution >= 4 is 12.0 Å².